The van der Waals surface area contributed by atoms with Gasteiger partial charge in [0.25, 0.3) is 0 Å². The van der Waals surface area contributed by atoms with Crippen LogP contribution in [0.2, 0.25) is 0 Å². The Balaban J connectivity index is 3.01. The summed E-state index contributed by atoms with van der Waals surface area (Å²) in [6, 6.07) is 6.70. The van der Waals surface area contributed by atoms with Crippen LogP contribution in [0.5, 0.6) is 0 Å². The molecule has 0 spiro atoms. The van der Waals surface area contributed by atoms with Crippen molar-refractivity contribution in [3.05, 3.63) is 44.5 Å². The smallest absolute Gasteiger partial charge is 0.0363 e. The third kappa shape index (κ3) is 3.07. The van der Waals surface area contributed by atoms with Crippen molar-refractivity contribution in [3.63, 3.8) is 0 Å². The Labute approximate surface area is 107 Å². The summed E-state index contributed by atoms with van der Waals surface area (Å²) in [5.74, 6) is 0. The van der Waals surface area contributed by atoms with Crippen LogP contribution >= 0.6 is 38.5 Å². The lowest BCUT2D eigenvalue weighted by Crippen LogP contribution is -2.16. The Bertz CT molecular complexity index is 325. The Morgan fingerprint density at radius 2 is 2.36 bits per heavy atom. The molecule has 0 amide bonds. The molecule has 1 aromatic carbocycles. The predicted molar refractivity (Wildman–Crippen MR) is 73.5 cm³/mol. The second-order valence-electron chi connectivity index (χ2n) is 3.03. The zero-order valence-corrected chi connectivity index (χ0v) is 11.8. The largest absolute Gasteiger partial charge is 0.313 e. The van der Waals surface area contributed by atoms with E-state index in [0.29, 0.717) is 6.04 Å². The van der Waals surface area contributed by atoms with E-state index in [1.807, 2.05) is 13.1 Å². The van der Waals surface area contributed by atoms with E-state index in [1.165, 1.54) is 9.13 Å². The zero-order chi connectivity index (χ0) is 10.6. The van der Waals surface area contributed by atoms with Crippen molar-refractivity contribution in [3.8, 4) is 0 Å². The number of hydrogen-bond acceptors (Lipinski definition) is 1. The van der Waals surface area contributed by atoms with E-state index in [9.17, 15) is 0 Å². The molecule has 1 atom stereocenters. The minimum absolute atomic E-state index is 0.358. The molecule has 1 aromatic rings. The van der Waals surface area contributed by atoms with Crippen LogP contribution in [0.3, 0.4) is 0 Å². The van der Waals surface area contributed by atoms with Gasteiger partial charge in [0.15, 0.2) is 0 Å². The van der Waals surface area contributed by atoms with Gasteiger partial charge in [-0.2, -0.15) is 0 Å². The van der Waals surface area contributed by atoms with Crippen LogP contribution in [-0.2, 0) is 0 Å². The first-order chi connectivity index (χ1) is 6.69. The maximum Gasteiger partial charge on any atom is 0.0363 e. The third-order valence-electron chi connectivity index (χ3n) is 2.08. The fraction of sp³-hybridized carbons (Fsp3) is 0.273. The van der Waals surface area contributed by atoms with Gasteiger partial charge < -0.3 is 5.32 Å². The lowest BCUT2D eigenvalue weighted by molar-refractivity contribution is 0.601. The Morgan fingerprint density at radius 1 is 1.64 bits per heavy atom. The molecule has 0 fully saturated rings. The fourth-order valence-electron chi connectivity index (χ4n) is 1.35. The van der Waals surface area contributed by atoms with Crippen LogP contribution in [-0.4, -0.2) is 7.05 Å². The molecule has 14 heavy (non-hydrogen) atoms. The van der Waals surface area contributed by atoms with Crippen molar-refractivity contribution in [2.45, 2.75) is 12.5 Å². The van der Waals surface area contributed by atoms with Gasteiger partial charge in [-0.3, -0.25) is 0 Å². The molecule has 76 valence electrons. The van der Waals surface area contributed by atoms with E-state index in [2.05, 4.69) is 68.6 Å². The molecule has 1 nitrogen and oxygen atoms in total. The number of nitrogens with one attached hydrogen (secondary N) is 1. The third-order valence-corrected chi connectivity index (χ3v) is 3.56. The average molecular weight is 366 g/mol. The molecule has 0 aliphatic rings. The first kappa shape index (κ1) is 12.2. The van der Waals surface area contributed by atoms with Gasteiger partial charge in [-0.15, -0.1) is 6.58 Å². The topological polar surface area (TPSA) is 12.0 Å². The number of rotatable bonds is 4. The Morgan fingerprint density at radius 3 is 2.93 bits per heavy atom. The summed E-state index contributed by atoms with van der Waals surface area (Å²) in [7, 11) is 1.98. The molecule has 0 heterocycles. The molecule has 0 saturated heterocycles. The molecule has 3 heteroatoms. The first-order valence-electron chi connectivity index (χ1n) is 4.42. The van der Waals surface area contributed by atoms with Crippen molar-refractivity contribution in [2.24, 2.45) is 0 Å². The van der Waals surface area contributed by atoms with Gasteiger partial charge in [-0.1, -0.05) is 22.0 Å². The summed E-state index contributed by atoms with van der Waals surface area (Å²) in [6.07, 6.45) is 2.89. The van der Waals surface area contributed by atoms with Crippen molar-refractivity contribution in [1.82, 2.24) is 5.32 Å². The normalized spacial score (nSPS) is 12.5. The van der Waals surface area contributed by atoms with Crippen LogP contribution in [0.15, 0.2) is 35.3 Å². The summed E-state index contributed by atoms with van der Waals surface area (Å²) in [5.41, 5.74) is 1.32. The average Bonchev–Trinajstić information content (AvgIpc) is 2.18. The van der Waals surface area contributed by atoms with Crippen LogP contribution in [0.25, 0.3) is 0 Å². The maximum atomic E-state index is 3.77. The van der Waals surface area contributed by atoms with Crippen LogP contribution in [0.4, 0.5) is 0 Å². The van der Waals surface area contributed by atoms with E-state index in [0.717, 1.165) is 10.9 Å². The minimum atomic E-state index is 0.358. The molecule has 0 bridgehead atoms. The van der Waals surface area contributed by atoms with Crippen molar-refractivity contribution in [2.75, 3.05) is 7.05 Å². The summed E-state index contributed by atoms with van der Waals surface area (Å²) in [4.78, 5) is 0. The van der Waals surface area contributed by atoms with Crippen molar-refractivity contribution in [1.29, 1.82) is 0 Å². The van der Waals surface area contributed by atoms with Gasteiger partial charge in [0, 0.05) is 14.1 Å². The molecule has 0 saturated carbocycles. The van der Waals surface area contributed by atoms with Crippen LogP contribution in [0, 0.1) is 3.57 Å². The van der Waals surface area contributed by atoms with E-state index in [1.54, 1.807) is 0 Å². The van der Waals surface area contributed by atoms with Crippen molar-refractivity contribution < 1.29 is 0 Å². The molecular weight excluding hydrogens is 353 g/mol. The summed E-state index contributed by atoms with van der Waals surface area (Å²) < 4.78 is 2.41. The first-order valence-corrected chi connectivity index (χ1v) is 6.29. The molecule has 0 radical (unpaired) electrons. The highest BCUT2D eigenvalue weighted by Gasteiger charge is 2.10. The highest BCUT2D eigenvalue weighted by atomic mass is 127. The van der Waals surface area contributed by atoms with E-state index in [-0.39, 0.29) is 0 Å². The quantitative estimate of drug-likeness (QED) is 0.630. The summed E-state index contributed by atoms with van der Waals surface area (Å²) in [6.45, 7) is 3.77. The number of benzene rings is 1. The van der Waals surface area contributed by atoms with Gasteiger partial charge in [0.05, 0.1) is 0 Å². The van der Waals surface area contributed by atoms with E-state index < -0.39 is 0 Å². The molecule has 0 aromatic heterocycles. The van der Waals surface area contributed by atoms with E-state index >= 15 is 0 Å². The van der Waals surface area contributed by atoms with Crippen LogP contribution < -0.4 is 5.32 Å². The standard InChI is InChI=1S/C11H13BrIN/c1-3-4-11(14-2)9-7-8(12)5-6-10(9)13/h3,5-7,11,14H,1,4H2,2H3. The van der Waals surface area contributed by atoms with Gasteiger partial charge in [0.2, 0.25) is 0 Å². The monoisotopic (exact) mass is 365 g/mol. The fourth-order valence-corrected chi connectivity index (χ4v) is 2.44. The van der Waals surface area contributed by atoms with Gasteiger partial charge >= 0.3 is 0 Å². The minimum Gasteiger partial charge on any atom is -0.313 e. The number of hydrogen-bond donors (Lipinski definition) is 1. The molecule has 0 aliphatic heterocycles. The molecule has 1 N–H and O–H groups in total. The molecule has 1 rings (SSSR count). The Hall–Kier alpha value is 0.130. The van der Waals surface area contributed by atoms with Gasteiger partial charge in [0.1, 0.15) is 0 Å². The second kappa shape index (κ2) is 5.88. The summed E-state index contributed by atoms with van der Waals surface area (Å²) in [5, 5.41) is 3.29. The second-order valence-corrected chi connectivity index (χ2v) is 5.11. The predicted octanol–water partition coefficient (Wildman–Crippen LogP) is 3.89. The highest BCUT2D eigenvalue weighted by Crippen LogP contribution is 2.26. The van der Waals surface area contributed by atoms with Crippen molar-refractivity contribution >= 4 is 38.5 Å². The SMILES string of the molecule is C=CCC(NC)c1cc(Br)ccc1I. The Kier molecular flexibility index (Phi) is 5.12. The van der Waals surface area contributed by atoms with E-state index in [4.69, 9.17) is 0 Å². The maximum absolute atomic E-state index is 3.77. The lowest BCUT2D eigenvalue weighted by atomic mass is 10.0. The molecule has 0 aliphatic carbocycles. The summed E-state index contributed by atoms with van der Waals surface area (Å²) >= 11 is 5.85. The van der Waals surface area contributed by atoms with Crippen LogP contribution in [0.1, 0.15) is 18.0 Å². The number of halogens is 2. The molecular formula is C11H13BrIN. The lowest BCUT2D eigenvalue weighted by Gasteiger charge is -2.16. The van der Waals surface area contributed by atoms with Gasteiger partial charge in [-0.05, 0) is 59.8 Å². The molecule has 1 unspecified atom stereocenters. The zero-order valence-electron chi connectivity index (χ0n) is 8.06. The van der Waals surface area contributed by atoms with Gasteiger partial charge in [-0.25, -0.2) is 0 Å². The highest BCUT2D eigenvalue weighted by molar-refractivity contribution is 14.1.